The van der Waals surface area contributed by atoms with Crippen molar-refractivity contribution >= 4 is 35.0 Å². The van der Waals surface area contributed by atoms with Crippen LogP contribution < -0.4 is 10.2 Å². The van der Waals surface area contributed by atoms with Crippen LogP contribution >= 0.6 is 11.8 Å². The number of aryl methyl sites for hydroxylation is 1. The Morgan fingerprint density at radius 3 is 2.41 bits per heavy atom. The first-order valence-electron chi connectivity index (χ1n) is 9.19. The van der Waals surface area contributed by atoms with Crippen molar-refractivity contribution < 1.29 is 14.0 Å². The van der Waals surface area contributed by atoms with Gasteiger partial charge in [0.15, 0.2) is 0 Å². The van der Waals surface area contributed by atoms with Gasteiger partial charge in [0.2, 0.25) is 5.91 Å². The zero-order valence-electron chi connectivity index (χ0n) is 15.8. The van der Waals surface area contributed by atoms with Crippen LogP contribution in [0, 0.1) is 12.7 Å². The average Bonchev–Trinajstić information content (AvgIpc) is 3.11. The van der Waals surface area contributed by atoms with E-state index in [1.807, 2.05) is 49.4 Å². The molecule has 4 rings (SSSR count). The summed E-state index contributed by atoms with van der Waals surface area (Å²) in [5.74, 6) is -0.135. The van der Waals surface area contributed by atoms with Crippen molar-refractivity contribution in [3.05, 3.63) is 95.3 Å². The SMILES string of the molecule is Cc1ccccc1C(=O)Nc1ccc([C@@H]2SCC(=O)N2c2ccc(F)cc2)cc1. The molecule has 146 valence electrons. The van der Waals surface area contributed by atoms with E-state index in [0.717, 1.165) is 11.1 Å². The van der Waals surface area contributed by atoms with Gasteiger partial charge in [-0.25, -0.2) is 4.39 Å². The third-order valence-electron chi connectivity index (χ3n) is 4.82. The van der Waals surface area contributed by atoms with Crippen LogP contribution in [0.1, 0.15) is 26.9 Å². The first-order chi connectivity index (χ1) is 14.0. The highest BCUT2D eigenvalue weighted by Crippen LogP contribution is 2.41. The summed E-state index contributed by atoms with van der Waals surface area (Å²) in [7, 11) is 0. The number of carbonyl (C=O) groups is 2. The lowest BCUT2D eigenvalue weighted by molar-refractivity contribution is -0.115. The number of halogens is 1. The summed E-state index contributed by atoms with van der Waals surface area (Å²) in [4.78, 5) is 26.6. The van der Waals surface area contributed by atoms with Crippen LogP contribution in [-0.2, 0) is 4.79 Å². The predicted molar refractivity (Wildman–Crippen MR) is 115 cm³/mol. The summed E-state index contributed by atoms with van der Waals surface area (Å²) in [5, 5.41) is 2.72. The molecule has 1 heterocycles. The molecule has 3 aromatic carbocycles. The summed E-state index contributed by atoms with van der Waals surface area (Å²) in [6, 6.07) is 20.8. The van der Waals surface area contributed by atoms with Gasteiger partial charge in [0.25, 0.3) is 5.91 Å². The van der Waals surface area contributed by atoms with E-state index in [1.54, 1.807) is 23.1 Å². The quantitative estimate of drug-likeness (QED) is 0.651. The number of thioether (sulfide) groups is 1. The predicted octanol–water partition coefficient (Wildman–Crippen LogP) is 5.17. The molecule has 0 radical (unpaired) electrons. The maximum absolute atomic E-state index is 13.2. The van der Waals surface area contributed by atoms with Crippen LogP contribution in [0.25, 0.3) is 0 Å². The second-order valence-electron chi connectivity index (χ2n) is 6.79. The number of amides is 2. The first kappa shape index (κ1) is 19.2. The smallest absolute Gasteiger partial charge is 0.255 e. The van der Waals surface area contributed by atoms with Crippen LogP contribution in [0.15, 0.2) is 72.8 Å². The number of benzene rings is 3. The molecule has 1 N–H and O–H groups in total. The fourth-order valence-electron chi connectivity index (χ4n) is 3.31. The molecule has 1 fully saturated rings. The molecule has 0 saturated carbocycles. The molecule has 1 aliphatic rings. The Kier molecular flexibility index (Phi) is 5.36. The van der Waals surface area contributed by atoms with Crippen molar-refractivity contribution in [1.82, 2.24) is 0 Å². The van der Waals surface area contributed by atoms with Gasteiger partial charge < -0.3 is 5.32 Å². The number of anilines is 2. The van der Waals surface area contributed by atoms with Gasteiger partial charge in [0.1, 0.15) is 11.2 Å². The number of nitrogens with zero attached hydrogens (tertiary/aromatic N) is 1. The van der Waals surface area contributed by atoms with Crippen molar-refractivity contribution in [2.24, 2.45) is 0 Å². The van der Waals surface area contributed by atoms with Crippen LogP contribution in [0.4, 0.5) is 15.8 Å². The number of hydrogen-bond acceptors (Lipinski definition) is 3. The highest BCUT2D eigenvalue weighted by atomic mass is 32.2. The lowest BCUT2D eigenvalue weighted by atomic mass is 10.1. The third kappa shape index (κ3) is 4.03. The minimum Gasteiger partial charge on any atom is -0.322 e. The van der Waals surface area contributed by atoms with E-state index in [2.05, 4.69) is 5.32 Å². The Morgan fingerprint density at radius 1 is 1.03 bits per heavy atom. The molecule has 0 aliphatic carbocycles. The second kappa shape index (κ2) is 8.09. The number of hydrogen-bond donors (Lipinski definition) is 1. The van der Waals surface area contributed by atoms with Crippen LogP contribution in [0.5, 0.6) is 0 Å². The van der Waals surface area contributed by atoms with E-state index < -0.39 is 0 Å². The van der Waals surface area contributed by atoms with Gasteiger partial charge in [-0.2, -0.15) is 0 Å². The van der Waals surface area contributed by atoms with Crippen LogP contribution in [-0.4, -0.2) is 17.6 Å². The standard InChI is InChI=1S/C23H19FN2O2S/c1-15-4-2-3-5-20(15)22(28)25-18-10-6-16(7-11-18)23-26(21(27)14-29-23)19-12-8-17(24)9-13-19/h2-13,23H,14H2,1H3,(H,25,28)/t23-/m0/s1. The van der Waals surface area contributed by atoms with Crippen molar-refractivity contribution in [2.75, 3.05) is 16.0 Å². The monoisotopic (exact) mass is 406 g/mol. The van der Waals surface area contributed by atoms with Gasteiger partial charge in [-0.3, -0.25) is 14.5 Å². The third-order valence-corrected chi connectivity index (χ3v) is 6.03. The maximum Gasteiger partial charge on any atom is 0.255 e. The Labute approximate surface area is 172 Å². The minimum absolute atomic E-state index is 0.0106. The van der Waals surface area contributed by atoms with E-state index in [4.69, 9.17) is 0 Å². The molecule has 1 aliphatic heterocycles. The van der Waals surface area contributed by atoms with E-state index >= 15 is 0 Å². The Hall–Kier alpha value is -3.12. The maximum atomic E-state index is 13.2. The van der Waals surface area contributed by atoms with Crippen molar-refractivity contribution in [2.45, 2.75) is 12.3 Å². The van der Waals surface area contributed by atoms with Gasteiger partial charge >= 0.3 is 0 Å². The molecular weight excluding hydrogens is 387 g/mol. The van der Waals surface area contributed by atoms with Gasteiger partial charge in [-0.05, 0) is 60.5 Å². The Balaban J connectivity index is 1.52. The molecule has 0 unspecified atom stereocenters. The molecule has 0 bridgehead atoms. The molecule has 1 atom stereocenters. The van der Waals surface area contributed by atoms with Crippen molar-refractivity contribution in [1.29, 1.82) is 0 Å². The van der Waals surface area contributed by atoms with Gasteiger partial charge in [-0.15, -0.1) is 11.8 Å². The lowest BCUT2D eigenvalue weighted by Gasteiger charge is -2.24. The molecule has 1 saturated heterocycles. The van der Waals surface area contributed by atoms with Gasteiger partial charge in [-0.1, -0.05) is 30.3 Å². The molecule has 2 amide bonds. The minimum atomic E-state index is -0.335. The number of carbonyl (C=O) groups excluding carboxylic acids is 2. The zero-order chi connectivity index (χ0) is 20.4. The molecule has 0 spiro atoms. The summed E-state index contributed by atoms with van der Waals surface area (Å²) >= 11 is 1.52. The molecule has 0 aromatic heterocycles. The number of rotatable bonds is 4. The highest BCUT2D eigenvalue weighted by molar-refractivity contribution is 8.00. The average molecular weight is 406 g/mol. The van der Waals surface area contributed by atoms with Crippen molar-refractivity contribution in [3.8, 4) is 0 Å². The largest absolute Gasteiger partial charge is 0.322 e. The summed E-state index contributed by atoms with van der Waals surface area (Å²) in [6.45, 7) is 1.90. The Morgan fingerprint density at radius 2 is 1.72 bits per heavy atom. The van der Waals surface area contributed by atoms with Crippen LogP contribution in [0.3, 0.4) is 0 Å². The van der Waals surface area contributed by atoms with Gasteiger partial charge in [0, 0.05) is 16.9 Å². The molecule has 3 aromatic rings. The fourth-order valence-corrected chi connectivity index (χ4v) is 4.49. The van der Waals surface area contributed by atoms with Gasteiger partial charge in [0.05, 0.1) is 5.75 Å². The summed E-state index contributed by atoms with van der Waals surface area (Å²) < 4.78 is 13.2. The first-order valence-corrected chi connectivity index (χ1v) is 10.2. The molecule has 4 nitrogen and oxygen atoms in total. The van der Waals surface area contributed by atoms with Crippen LogP contribution in [0.2, 0.25) is 0 Å². The van der Waals surface area contributed by atoms with E-state index in [9.17, 15) is 14.0 Å². The Bertz CT molecular complexity index is 1050. The summed E-state index contributed by atoms with van der Waals surface area (Å²) in [5.41, 5.74) is 3.85. The van der Waals surface area contributed by atoms with E-state index in [1.165, 1.54) is 23.9 Å². The summed E-state index contributed by atoms with van der Waals surface area (Å²) in [6.07, 6.45) is 0. The number of nitrogens with one attached hydrogen (secondary N) is 1. The second-order valence-corrected chi connectivity index (χ2v) is 7.86. The highest BCUT2D eigenvalue weighted by Gasteiger charge is 2.34. The normalized spacial score (nSPS) is 16.1. The lowest BCUT2D eigenvalue weighted by Crippen LogP contribution is -2.27. The topological polar surface area (TPSA) is 49.4 Å². The zero-order valence-corrected chi connectivity index (χ0v) is 16.6. The van der Waals surface area contributed by atoms with E-state index in [-0.39, 0.29) is 23.0 Å². The fraction of sp³-hybridized carbons (Fsp3) is 0.130. The molecule has 29 heavy (non-hydrogen) atoms. The molecule has 6 heteroatoms. The van der Waals surface area contributed by atoms with E-state index in [0.29, 0.717) is 22.7 Å². The molecular formula is C23H19FN2O2S. The van der Waals surface area contributed by atoms with Crippen molar-refractivity contribution in [3.63, 3.8) is 0 Å².